The van der Waals surface area contributed by atoms with Gasteiger partial charge in [-0.15, -0.1) is 0 Å². The highest BCUT2D eigenvalue weighted by atomic mass is 35.5. The number of nitrogens with one attached hydrogen (secondary N) is 1. The zero-order valence-electron chi connectivity index (χ0n) is 17.2. The molecule has 0 amide bonds. The summed E-state index contributed by atoms with van der Waals surface area (Å²) in [5, 5.41) is 1.68. The molecule has 1 unspecified atom stereocenters. The Balaban J connectivity index is 1.65. The van der Waals surface area contributed by atoms with Gasteiger partial charge in [0.1, 0.15) is 0 Å². The van der Waals surface area contributed by atoms with Crippen LogP contribution in [0.2, 0.25) is 5.02 Å². The normalized spacial score (nSPS) is 12.4. The van der Waals surface area contributed by atoms with Gasteiger partial charge in [0.05, 0.1) is 12.4 Å². The molecule has 1 atom stereocenters. The Morgan fingerprint density at radius 3 is 2.44 bits per heavy atom. The number of rotatable bonds is 5. The molecule has 0 spiro atoms. The highest BCUT2D eigenvalue weighted by Crippen LogP contribution is 2.30. The quantitative estimate of drug-likeness (QED) is 0.356. The monoisotopic (exact) mass is 437 g/mol. The predicted octanol–water partition coefficient (Wildman–Crippen LogP) is 6.19. The molecular formula is C27H20ClN3O. The van der Waals surface area contributed by atoms with Crippen LogP contribution in [-0.4, -0.2) is 14.5 Å². The van der Waals surface area contributed by atoms with Gasteiger partial charge in [-0.1, -0.05) is 72.3 Å². The number of H-pyrrole nitrogens is 1. The molecule has 0 radical (unpaired) electrons. The van der Waals surface area contributed by atoms with Gasteiger partial charge < -0.3 is 9.55 Å². The zero-order valence-corrected chi connectivity index (χ0v) is 17.9. The summed E-state index contributed by atoms with van der Waals surface area (Å²) in [6.07, 6.45) is 9.55. The van der Waals surface area contributed by atoms with Crippen LogP contribution in [0, 0.1) is 0 Å². The van der Waals surface area contributed by atoms with Crippen LogP contribution in [0.5, 0.6) is 0 Å². The van der Waals surface area contributed by atoms with Crippen molar-refractivity contribution in [2.24, 2.45) is 0 Å². The maximum absolute atomic E-state index is 12.3. The summed E-state index contributed by atoms with van der Waals surface area (Å²) in [6.45, 7) is 0. The number of imidazole rings is 1. The molecule has 0 bridgehead atoms. The SMILES string of the molecule is O=c1cc(C=Cc2ccccc2)c2cc(C(c3ccc(Cl)cc3)n3ccnc3)ccc2[nH]1. The number of nitrogens with zero attached hydrogens (tertiary/aromatic N) is 2. The fourth-order valence-electron chi connectivity index (χ4n) is 3.96. The number of fused-ring (bicyclic) bond motifs is 1. The lowest BCUT2D eigenvalue weighted by molar-refractivity contribution is 0.677. The van der Waals surface area contributed by atoms with E-state index in [9.17, 15) is 4.79 Å². The Morgan fingerprint density at radius 1 is 0.906 bits per heavy atom. The van der Waals surface area contributed by atoms with Crippen molar-refractivity contribution >= 4 is 34.7 Å². The Labute approximate surface area is 190 Å². The number of hydrogen-bond donors (Lipinski definition) is 1. The first-order valence-electron chi connectivity index (χ1n) is 10.3. The molecule has 0 aliphatic heterocycles. The molecule has 2 heterocycles. The van der Waals surface area contributed by atoms with Gasteiger partial charge in [-0.3, -0.25) is 4.79 Å². The van der Waals surface area contributed by atoms with Crippen LogP contribution in [0.1, 0.15) is 28.3 Å². The van der Waals surface area contributed by atoms with E-state index in [1.54, 1.807) is 12.3 Å². The van der Waals surface area contributed by atoms with E-state index in [1.807, 2.05) is 91.4 Å². The second kappa shape index (κ2) is 8.69. The second-order valence-electron chi connectivity index (χ2n) is 7.60. The van der Waals surface area contributed by atoms with Gasteiger partial charge in [-0.25, -0.2) is 4.98 Å². The van der Waals surface area contributed by atoms with E-state index in [0.29, 0.717) is 5.02 Å². The zero-order chi connectivity index (χ0) is 21.9. The Morgan fingerprint density at radius 2 is 1.69 bits per heavy atom. The van der Waals surface area contributed by atoms with E-state index < -0.39 is 0 Å². The van der Waals surface area contributed by atoms with Crippen molar-refractivity contribution in [3.8, 4) is 0 Å². The van der Waals surface area contributed by atoms with Crippen LogP contribution >= 0.6 is 11.6 Å². The molecule has 5 rings (SSSR count). The summed E-state index contributed by atoms with van der Waals surface area (Å²) in [7, 11) is 0. The van der Waals surface area contributed by atoms with E-state index in [1.165, 1.54) is 0 Å². The van der Waals surface area contributed by atoms with Crippen molar-refractivity contribution in [2.45, 2.75) is 6.04 Å². The van der Waals surface area contributed by atoms with Crippen LogP contribution < -0.4 is 5.56 Å². The number of hydrogen-bond acceptors (Lipinski definition) is 2. The van der Waals surface area contributed by atoms with Crippen LogP contribution in [0.25, 0.3) is 23.1 Å². The van der Waals surface area contributed by atoms with Gasteiger partial charge in [-0.2, -0.15) is 0 Å². The summed E-state index contributed by atoms with van der Waals surface area (Å²) in [6, 6.07) is 25.6. The Bertz CT molecular complexity index is 1440. The minimum atomic E-state index is -0.123. The number of aromatic nitrogens is 3. The Kier molecular flexibility index (Phi) is 5.44. The van der Waals surface area contributed by atoms with Crippen molar-refractivity contribution in [3.05, 3.63) is 135 Å². The highest BCUT2D eigenvalue weighted by molar-refractivity contribution is 6.30. The average Bonchev–Trinajstić information content (AvgIpc) is 3.34. The number of halogens is 1. The third kappa shape index (κ3) is 4.13. The smallest absolute Gasteiger partial charge is 0.249 e. The predicted molar refractivity (Wildman–Crippen MR) is 131 cm³/mol. The fraction of sp³-hybridized carbons (Fsp3) is 0.0370. The van der Waals surface area contributed by atoms with E-state index in [4.69, 9.17) is 11.6 Å². The molecule has 0 saturated heterocycles. The van der Waals surface area contributed by atoms with Crippen molar-refractivity contribution < 1.29 is 0 Å². The molecule has 4 nitrogen and oxygen atoms in total. The third-order valence-corrected chi connectivity index (χ3v) is 5.73. The number of pyridine rings is 1. The molecule has 0 fully saturated rings. The van der Waals surface area contributed by atoms with Gasteiger partial charge >= 0.3 is 0 Å². The highest BCUT2D eigenvalue weighted by Gasteiger charge is 2.17. The molecule has 3 aromatic carbocycles. The fourth-order valence-corrected chi connectivity index (χ4v) is 4.09. The second-order valence-corrected chi connectivity index (χ2v) is 8.04. The molecular weight excluding hydrogens is 418 g/mol. The molecule has 0 saturated carbocycles. The van der Waals surface area contributed by atoms with Gasteiger partial charge in [0.2, 0.25) is 5.56 Å². The summed E-state index contributed by atoms with van der Waals surface area (Å²) >= 11 is 6.13. The number of aromatic amines is 1. The first-order chi connectivity index (χ1) is 15.7. The van der Waals surface area contributed by atoms with E-state index >= 15 is 0 Å². The molecule has 32 heavy (non-hydrogen) atoms. The summed E-state index contributed by atoms with van der Waals surface area (Å²) in [4.78, 5) is 19.5. The van der Waals surface area contributed by atoms with Crippen molar-refractivity contribution in [1.82, 2.24) is 14.5 Å². The molecule has 0 aliphatic carbocycles. The average molecular weight is 438 g/mol. The first-order valence-corrected chi connectivity index (χ1v) is 10.7. The van der Waals surface area contributed by atoms with Gasteiger partial charge in [0.25, 0.3) is 0 Å². The molecule has 5 heteroatoms. The maximum Gasteiger partial charge on any atom is 0.249 e. The summed E-state index contributed by atoms with van der Waals surface area (Å²) < 4.78 is 2.07. The van der Waals surface area contributed by atoms with Crippen molar-refractivity contribution in [3.63, 3.8) is 0 Å². The lowest BCUT2D eigenvalue weighted by atomic mass is 9.95. The van der Waals surface area contributed by atoms with Crippen molar-refractivity contribution in [1.29, 1.82) is 0 Å². The molecule has 156 valence electrons. The minimum absolute atomic E-state index is 0.0722. The lowest BCUT2D eigenvalue weighted by Crippen LogP contribution is -2.11. The topological polar surface area (TPSA) is 50.7 Å². The third-order valence-electron chi connectivity index (χ3n) is 5.48. The van der Waals surface area contributed by atoms with Gasteiger partial charge in [0, 0.05) is 34.4 Å². The van der Waals surface area contributed by atoms with Gasteiger partial charge in [-0.05, 0) is 46.5 Å². The minimum Gasteiger partial charge on any atom is -0.326 e. The molecule has 2 aromatic heterocycles. The van der Waals surface area contributed by atoms with E-state index in [-0.39, 0.29) is 11.6 Å². The first kappa shape index (κ1) is 20.0. The molecule has 5 aromatic rings. The van der Waals surface area contributed by atoms with Crippen LogP contribution in [-0.2, 0) is 0 Å². The van der Waals surface area contributed by atoms with Crippen LogP contribution in [0.4, 0.5) is 0 Å². The maximum atomic E-state index is 12.3. The summed E-state index contributed by atoms with van der Waals surface area (Å²) in [5.41, 5.74) is 4.80. The van der Waals surface area contributed by atoms with Gasteiger partial charge in [0.15, 0.2) is 0 Å². The summed E-state index contributed by atoms with van der Waals surface area (Å²) in [5.74, 6) is 0. The van der Waals surface area contributed by atoms with Crippen LogP contribution in [0.3, 0.4) is 0 Å². The van der Waals surface area contributed by atoms with Crippen LogP contribution in [0.15, 0.2) is 102 Å². The Hall–Kier alpha value is -3.89. The van der Waals surface area contributed by atoms with E-state index in [0.717, 1.165) is 33.2 Å². The number of benzene rings is 3. The molecule has 0 aliphatic rings. The van der Waals surface area contributed by atoms with Crippen molar-refractivity contribution in [2.75, 3.05) is 0 Å². The standard InChI is InChI=1S/C27H20ClN3O/c28-23-11-8-20(9-12-23)27(31-15-14-29-18-31)22-10-13-25-24(16-22)21(17-26(32)30-25)7-6-19-4-2-1-3-5-19/h1-18,27H,(H,30,32). The largest absolute Gasteiger partial charge is 0.326 e. The lowest BCUT2D eigenvalue weighted by Gasteiger charge is -2.20. The van der Waals surface area contributed by atoms with E-state index in [2.05, 4.69) is 20.6 Å². The molecule has 1 N–H and O–H groups in total.